The van der Waals surface area contributed by atoms with Crippen LogP contribution in [0.3, 0.4) is 0 Å². The van der Waals surface area contributed by atoms with E-state index in [1.165, 1.54) is 11.1 Å². The van der Waals surface area contributed by atoms with Crippen molar-refractivity contribution in [1.82, 2.24) is 9.97 Å². The Kier molecular flexibility index (Phi) is 3.67. The summed E-state index contributed by atoms with van der Waals surface area (Å²) in [6, 6.07) is 14.8. The van der Waals surface area contributed by atoms with Crippen molar-refractivity contribution in [2.75, 3.05) is 24.7 Å². The first-order valence-electron chi connectivity index (χ1n) is 7.43. The highest BCUT2D eigenvalue weighted by atomic mass is 15.2. The van der Waals surface area contributed by atoms with Gasteiger partial charge in [0, 0.05) is 19.5 Å². The van der Waals surface area contributed by atoms with Gasteiger partial charge in [-0.2, -0.15) is 4.98 Å². The molecule has 3 rings (SSSR count). The van der Waals surface area contributed by atoms with Crippen molar-refractivity contribution in [3.05, 3.63) is 48.0 Å². The second kappa shape index (κ2) is 5.64. The molecule has 0 radical (unpaired) electrons. The monoisotopic (exact) mass is 292 g/mol. The molecule has 0 bridgehead atoms. The molecule has 2 N–H and O–H groups in total. The van der Waals surface area contributed by atoms with Gasteiger partial charge >= 0.3 is 0 Å². The number of benzene rings is 2. The standard InChI is InChI=1S/C18H20N4/c1-4-12-7-5-6-8-14(12)13-9-10-15-16(11-13)20-18(19)21-17(15)22(2)3/h5-11H,4H2,1-3H3,(H2,19,20,21). The summed E-state index contributed by atoms with van der Waals surface area (Å²) < 4.78 is 0. The number of aromatic nitrogens is 2. The third-order valence-corrected chi connectivity index (χ3v) is 3.83. The average molecular weight is 292 g/mol. The number of hydrogen-bond acceptors (Lipinski definition) is 4. The Hall–Kier alpha value is -2.62. The van der Waals surface area contributed by atoms with E-state index in [9.17, 15) is 0 Å². The second-order valence-electron chi connectivity index (χ2n) is 5.54. The molecule has 1 aromatic heterocycles. The van der Waals surface area contributed by atoms with Crippen LogP contribution in [-0.4, -0.2) is 24.1 Å². The van der Waals surface area contributed by atoms with E-state index >= 15 is 0 Å². The van der Waals surface area contributed by atoms with Crippen molar-refractivity contribution in [2.24, 2.45) is 0 Å². The van der Waals surface area contributed by atoms with Crippen molar-refractivity contribution in [3.8, 4) is 11.1 Å². The molecule has 2 aromatic carbocycles. The Morgan fingerprint density at radius 3 is 2.55 bits per heavy atom. The van der Waals surface area contributed by atoms with Crippen LogP contribution in [0, 0.1) is 0 Å². The minimum Gasteiger partial charge on any atom is -0.368 e. The van der Waals surface area contributed by atoms with Crippen LogP contribution in [0.15, 0.2) is 42.5 Å². The van der Waals surface area contributed by atoms with Gasteiger partial charge in [-0.3, -0.25) is 0 Å². The minimum atomic E-state index is 0.303. The highest BCUT2D eigenvalue weighted by Crippen LogP contribution is 2.30. The van der Waals surface area contributed by atoms with Gasteiger partial charge in [0.05, 0.1) is 5.52 Å². The van der Waals surface area contributed by atoms with Crippen molar-refractivity contribution >= 4 is 22.7 Å². The third kappa shape index (κ3) is 2.48. The van der Waals surface area contributed by atoms with Gasteiger partial charge in [0.25, 0.3) is 0 Å². The molecule has 112 valence electrons. The smallest absolute Gasteiger partial charge is 0.222 e. The number of fused-ring (bicyclic) bond motifs is 1. The van der Waals surface area contributed by atoms with Crippen molar-refractivity contribution in [1.29, 1.82) is 0 Å². The lowest BCUT2D eigenvalue weighted by molar-refractivity contribution is 1.07. The van der Waals surface area contributed by atoms with Gasteiger partial charge in [-0.15, -0.1) is 0 Å². The number of rotatable bonds is 3. The molecule has 0 atom stereocenters. The lowest BCUT2D eigenvalue weighted by Gasteiger charge is -2.15. The van der Waals surface area contributed by atoms with E-state index in [-0.39, 0.29) is 0 Å². The summed E-state index contributed by atoms with van der Waals surface area (Å²) in [5.74, 6) is 1.15. The summed E-state index contributed by atoms with van der Waals surface area (Å²) in [4.78, 5) is 10.7. The van der Waals surface area contributed by atoms with E-state index < -0.39 is 0 Å². The molecular weight excluding hydrogens is 272 g/mol. The predicted molar refractivity (Wildman–Crippen MR) is 93.1 cm³/mol. The Balaban J connectivity index is 2.22. The molecule has 0 unspecified atom stereocenters. The zero-order chi connectivity index (χ0) is 15.7. The molecule has 4 heteroatoms. The highest BCUT2D eigenvalue weighted by molar-refractivity contribution is 5.93. The molecule has 0 spiro atoms. The number of nitrogens with two attached hydrogens (primary N) is 1. The van der Waals surface area contributed by atoms with Gasteiger partial charge in [-0.05, 0) is 35.2 Å². The number of nitrogen functional groups attached to an aromatic ring is 1. The molecule has 3 aromatic rings. The highest BCUT2D eigenvalue weighted by Gasteiger charge is 2.10. The van der Waals surface area contributed by atoms with E-state index in [2.05, 4.69) is 59.4 Å². The van der Waals surface area contributed by atoms with E-state index in [0.29, 0.717) is 5.95 Å². The number of anilines is 2. The summed E-state index contributed by atoms with van der Waals surface area (Å²) in [6.07, 6.45) is 1.00. The van der Waals surface area contributed by atoms with Crippen LogP contribution >= 0.6 is 0 Å². The molecule has 0 saturated carbocycles. The Labute approximate surface area is 130 Å². The average Bonchev–Trinajstić information content (AvgIpc) is 2.53. The van der Waals surface area contributed by atoms with E-state index in [4.69, 9.17) is 5.73 Å². The fraction of sp³-hybridized carbons (Fsp3) is 0.222. The van der Waals surface area contributed by atoms with E-state index in [1.807, 2.05) is 19.0 Å². The Morgan fingerprint density at radius 2 is 1.82 bits per heavy atom. The first-order chi connectivity index (χ1) is 10.6. The van der Waals surface area contributed by atoms with E-state index in [1.54, 1.807) is 0 Å². The van der Waals surface area contributed by atoms with Crippen LogP contribution in [0.1, 0.15) is 12.5 Å². The van der Waals surface area contributed by atoms with E-state index in [0.717, 1.165) is 28.7 Å². The van der Waals surface area contributed by atoms with Gasteiger partial charge in [-0.25, -0.2) is 4.98 Å². The molecule has 0 aliphatic heterocycles. The van der Waals surface area contributed by atoms with Crippen molar-refractivity contribution < 1.29 is 0 Å². The first kappa shape index (κ1) is 14.3. The number of aryl methyl sites for hydroxylation is 1. The molecule has 1 heterocycles. The van der Waals surface area contributed by atoms with Gasteiger partial charge in [0.15, 0.2) is 0 Å². The lowest BCUT2D eigenvalue weighted by Crippen LogP contribution is -2.13. The van der Waals surface area contributed by atoms with Gasteiger partial charge in [0.2, 0.25) is 5.95 Å². The molecule has 0 aliphatic rings. The van der Waals surface area contributed by atoms with Crippen LogP contribution in [0.5, 0.6) is 0 Å². The Morgan fingerprint density at radius 1 is 1.05 bits per heavy atom. The van der Waals surface area contributed by atoms with Gasteiger partial charge in [0.1, 0.15) is 5.82 Å². The topological polar surface area (TPSA) is 55.0 Å². The van der Waals surface area contributed by atoms with Gasteiger partial charge < -0.3 is 10.6 Å². The SMILES string of the molecule is CCc1ccccc1-c1ccc2c(N(C)C)nc(N)nc2c1. The summed E-state index contributed by atoms with van der Waals surface area (Å²) in [5.41, 5.74) is 10.5. The second-order valence-corrected chi connectivity index (χ2v) is 5.54. The predicted octanol–water partition coefficient (Wildman–Crippen LogP) is 3.51. The maximum Gasteiger partial charge on any atom is 0.222 e. The van der Waals surface area contributed by atoms with Crippen molar-refractivity contribution in [2.45, 2.75) is 13.3 Å². The normalized spacial score (nSPS) is 10.9. The zero-order valence-electron chi connectivity index (χ0n) is 13.2. The fourth-order valence-corrected chi connectivity index (χ4v) is 2.75. The van der Waals surface area contributed by atoms with Crippen LogP contribution in [0.4, 0.5) is 11.8 Å². The summed E-state index contributed by atoms with van der Waals surface area (Å²) in [5, 5.41) is 1.01. The molecule has 0 amide bonds. The van der Waals surface area contributed by atoms with Gasteiger partial charge in [-0.1, -0.05) is 37.3 Å². The van der Waals surface area contributed by atoms with Crippen LogP contribution < -0.4 is 10.6 Å². The lowest BCUT2D eigenvalue weighted by atomic mass is 9.97. The number of hydrogen-bond donors (Lipinski definition) is 1. The summed E-state index contributed by atoms with van der Waals surface area (Å²) in [6.45, 7) is 2.17. The zero-order valence-corrected chi connectivity index (χ0v) is 13.2. The Bertz CT molecular complexity index is 824. The summed E-state index contributed by atoms with van der Waals surface area (Å²) in [7, 11) is 3.92. The molecule has 0 fully saturated rings. The molecular formula is C18H20N4. The quantitative estimate of drug-likeness (QED) is 0.802. The van der Waals surface area contributed by atoms with Crippen LogP contribution in [0.2, 0.25) is 0 Å². The third-order valence-electron chi connectivity index (χ3n) is 3.83. The molecule has 4 nitrogen and oxygen atoms in total. The van der Waals surface area contributed by atoms with Crippen LogP contribution in [0.25, 0.3) is 22.0 Å². The maximum atomic E-state index is 5.86. The first-order valence-corrected chi connectivity index (χ1v) is 7.43. The maximum absolute atomic E-state index is 5.86. The molecule has 0 saturated heterocycles. The number of nitrogens with zero attached hydrogens (tertiary/aromatic N) is 3. The molecule has 22 heavy (non-hydrogen) atoms. The summed E-state index contributed by atoms with van der Waals surface area (Å²) >= 11 is 0. The molecule has 0 aliphatic carbocycles. The van der Waals surface area contributed by atoms with Crippen molar-refractivity contribution in [3.63, 3.8) is 0 Å². The van der Waals surface area contributed by atoms with Crippen LogP contribution in [-0.2, 0) is 6.42 Å². The largest absolute Gasteiger partial charge is 0.368 e. The fourth-order valence-electron chi connectivity index (χ4n) is 2.75. The minimum absolute atomic E-state index is 0.303.